The number of benzene rings is 2. The maximum atomic E-state index is 13.4. The number of hydrogen-bond donors (Lipinski definition) is 0. The smallest absolute Gasteiger partial charge is 0.335 e. The molecule has 2 aromatic rings. The summed E-state index contributed by atoms with van der Waals surface area (Å²) in [5, 5.41) is 21.8. The second-order valence-electron chi connectivity index (χ2n) is 6.85. The number of sulfonamides is 1. The Balaban J connectivity index is 2.03. The van der Waals surface area contributed by atoms with Crippen LogP contribution in [0.3, 0.4) is 0 Å². The first-order valence-corrected chi connectivity index (χ1v) is 11.0. The van der Waals surface area contributed by atoms with E-state index in [4.69, 9.17) is 4.74 Å². The van der Waals surface area contributed by atoms with E-state index >= 15 is 0 Å². The number of nitro groups is 2. The molecule has 1 aliphatic rings. The molecule has 0 bridgehead atoms. The molecule has 0 aromatic heterocycles. The molecule has 11 nitrogen and oxygen atoms in total. The third kappa shape index (κ3) is 4.65. The van der Waals surface area contributed by atoms with Crippen LogP contribution in [0.4, 0.5) is 11.4 Å². The van der Waals surface area contributed by atoms with E-state index in [1.807, 2.05) is 0 Å². The average Bonchev–Trinajstić information content (AvgIpc) is 2.79. The van der Waals surface area contributed by atoms with Gasteiger partial charge in [0.25, 0.3) is 11.4 Å². The molecule has 0 spiro atoms. The summed E-state index contributed by atoms with van der Waals surface area (Å²) >= 11 is 0. The van der Waals surface area contributed by atoms with Crippen LogP contribution in [0.25, 0.3) is 0 Å². The molecule has 0 fully saturated rings. The molecule has 0 radical (unpaired) electrons. The highest BCUT2D eigenvalue weighted by molar-refractivity contribution is 7.89. The molecule has 0 unspecified atom stereocenters. The van der Waals surface area contributed by atoms with Gasteiger partial charge in [0.05, 0.1) is 27.4 Å². The fourth-order valence-corrected chi connectivity index (χ4v) is 4.94. The van der Waals surface area contributed by atoms with Crippen molar-refractivity contribution in [1.29, 1.82) is 0 Å². The molecule has 0 amide bonds. The van der Waals surface area contributed by atoms with Crippen molar-refractivity contribution in [3.8, 4) is 0 Å². The number of carbonyl (C=O) groups excluding carboxylic acids is 1. The van der Waals surface area contributed by atoms with E-state index in [0.717, 1.165) is 28.6 Å². The first-order valence-electron chi connectivity index (χ1n) is 9.52. The lowest BCUT2D eigenvalue weighted by atomic mass is 9.98. The molecule has 2 aromatic carbocycles. The van der Waals surface area contributed by atoms with Gasteiger partial charge in [-0.05, 0) is 31.0 Å². The van der Waals surface area contributed by atoms with Crippen molar-refractivity contribution < 1.29 is 27.8 Å². The zero-order chi connectivity index (χ0) is 23.5. The summed E-state index contributed by atoms with van der Waals surface area (Å²) in [6, 6.07) is 9.15. The van der Waals surface area contributed by atoms with Gasteiger partial charge >= 0.3 is 5.97 Å². The van der Waals surface area contributed by atoms with Crippen LogP contribution in [-0.4, -0.2) is 41.7 Å². The lowest BCUT2D eigenvalue weighted by Gasteiger charge is -2.34. The number of hydrogen-bond acceptors (Lipinski definition) is 8. The highest BCUT2D eigenvalue weighted by atomic mass is 32.2. The second kappa shape index (κ2) is 9.24. The Hall–Kier alpha value is -3.64. The van der Waals surface area contributed by atoms with Crippen LogP contribution in [0, 0.1) is 20.2 Å². The molecule has 1 heterocycles. The lowest BCUT2D eigenvalue weighted by molar-refractivity contribution is -0.385. The van der Waals surface area contributed by atoms with Crippen LogP contribution in [-0.2, 0) is 19.6 Å². The first-order chi connectivity index (χ1) is 15.1. The minimum absolute atomic E-state index is 0.122. The van der Waals surface area contributed by atoms with Crippen molar-refractivity contribution in [1.82, 2.24) is 4.31 Å². The van der Waals surface area contributed by atoms with Gasteiger partial charge in [0, 0.05) is 36.4 Å². The minimum Gasteiger partial charge on any atom is -0.463 e. The van der Waals surface area contributed by atoms with Crippen LogP contribution in [0.15, 0.2) is 65.1 Å². The zero-order valence-corrected chi connectivity index (χ0v) is 17.7. The van der Waals surface area contributed by atoms with Gasteiger partial charge in [-0.25, -0.2) is 13.2 Å². The Bertz CT molecular complexity index is 1170. The molecule has 1 aliphatic heterocycles. The molecule has 168 valence electrons. The van der Waals surface area contributed by atoms with Gasteiger partial charge in [-0.15, -0.1) is 0 Å². The van der Waals surface area contributed by atoms with E-state index in [0.29, 0.717) is 5.56 Å². The maximum Gasteiger partial charge on any atom is 0.335 e. The van der Waals surface area contributed by atoms with E-state index < -0.39 is 31.9 Å². The van der Waals surface area contributed by atoms with Crippen molar-refractivity contribution in [3.63, 3.8) is 0 Å². The van der Waals surface area contributed by atoms with Gasteiger partial charge in [-0.1, -0.05) is 18.2 Å². The molecule has 3 rings (SSSR count). The van der Waals surface area contributed by atoms with Gasteiger partial charge in [-0.3, -0.25) is 20.2 Å². The van der Waals surface area contributed by atoms with Gasteiger partial charge in [0.15, 0.2) is 0 Å². The van der Waals surface area contributed by atoms with Crippen molar-refractivity contribution >= 4 is 27.4 Å². The van der Waals surface area contributed by atoms with Crippen LogP contribution < -0.4 is 0 Å². The largest absolute Gasteiger partial charge is 0.463 e. The predicted octanol–water partition coefficient (Wildman–Crippen LogP) is 3.13. The molecule has 0 saturated heterocycles. The number of nitrogens with zero attached hydrogens (tertiary/aromatic N) is 3. The van der Waals surface area contributed by atoms with E-state index in [1.54, 1.807) is 13.0 Å². The lowest BCUT2D eigenvalue weighted by Crippen LogP contribution is -2.40. The quantitative estimate of drug-likeness (QED) is 0.347. The zero-order valence-electron chi connectivity index (χ0n) is 16.9. The molecule has 0 aliphatic carbocycles. The normalized spacial score (nSPS) is 16.8. The summed E-state index contributed by atoms with van der Waals surface area (Å²) in [6.07, 6.45) is 1.73. The van der Waals surface area contributed by atoms with Crippen molar-refractivity contribution in [3.05, 3.63) is 86.0 Å². The van der Waals surface area contributed by atoms with Gasteiger partial charge < -0.3 is 4.74 Å². The van der Waals surface area contributed by atoms with Gasteiger partial charge in [0.2, 0.25) is 10.0 Å². The fraction of sp³-hybridized carbons (Fsp3) is 0.250. The van der Waals surface area contributed by atoms with Crippen LogP contribution in [0.1, 0.15) is 24.9 Å². The van der Waals surface area contributed by atoms with Gasteiger partial charge in [-0.2, -0.15) is 4.31 Å². The summed E-state index contributed by atoms with van der Waals surface area (Å²) < 4.78 is 32.9. The maximum absolute atomic E-state index is 13.4. The third-order valence-electron chi connectivity index (χ3n) is 4.94. The van der Waals surface area contributed by atoms with Crippen molar-refractivity contribution in [2.24, 2.45) is 0 Å². The molecule has 12 heteroatoms. The monoisotopic (exact) mass is 461 g/mol. The number of ether oxygens (including phenoxy) is 1. The topological polar surface area (TPSA) is 150 Å². The Labute approximate surface area is 183 Å². The number of esters is 1. The summed E-state index contributed by atoms with van der Waals surface area (Å²) in [4.78, 5) is 32.7. The van der Waals surface area contributed by atoms with E-state index in [1.165, 1.54) is 24.3 Å². The van der Waals surface area contributed by atoms with E-state index in [2.05, 4.69) is 0 Å². The molecular weight excluding hydrogens is 442 g/mol. The first kappa shape index (κ1) is 23.0. The Morgan fingerprint density at radius 2 is 1.56 bits per heavy atom. The third-order valence-corrected chi connectivity index (χ3v) is 6.81. The molecule has 0 N–H and O–H groups in total. The fourth-order valence-electron chi connectivity index (χ4n) is 3.33. The van der Waals surface area contributed by atoms with Crippen LogP contribution in [0.5, 0.6) is 0 Å². The molecule has 1 atom stereocenters. The second-order valence-corrected chi connectivity index (χ2v) is 8.74. The standard InChI is InChI=1S/C20H19N3O8S/c1-2-31-20(24)15-5-12-19(14-3-6-16(7-4-14)22(25)26)21(13-15)32(29,30)18-10-8-17(9-11-18)23(27)28/h3-11,19H,2,12-13H2,1H3/t19-/m1/s1. The number of nitro benzene ring substituents is 2. The summed E-state index contributed by atoms with van der Waals surface area (Å²) in [6.45, 7) is 1.48. The molecular formula is C20H19N3O8S. The van der Waals surface area contributed by atoms with Crippen molar-refractivity contribution in [2.45, 2.75) is 24.3 Å². The Morgan fingerprint density at radius 1 is 1.03 bits per heavy atom. The summed E-state index contributed by atoms with van der Waals surface area (Å²) in [5.74, 6) is -0.640. The SMILES string of the molecule is CCOC(=O)C1=CC[C@H](c2ccc([N+](=O)[O-])cc2)N(S(=O)(=O)c2ccc([N+](=O)[O-])cc2)C1. The number of carbonyl (C=O) groups is 1. The Morgan fingerprint density at radius 3 is 2.06 bits per heavy atom. The van der Waals surface area contributed by atoms with E-state index in [9.17, 15) is 33.4 Å². The highest BCUT2D eigenvalue weighted by Crippen LogP contribution is 2.36. The Kier molecular flexibility index (Phi) is 6.65. The van der Waals surface area contributed by atoms with E-state index in [-0.39, 0.29) is 41.4 Å². The van der Waals surface area contributed by atoms with Gasteiger partial charge in [0.1, 0.15) is 0 Å². The predicted molar refractivity (Wildman–Crippen MR) is 112 cm³/mol. The number of non-ortho nitro benzene ring substituents is 2. The van der Waals surface area contributed by atoms with Crippen LogP contribution >= 0.6 is 0 Å². The van der Waals surface area contributed by atoms with Crippen LogP contribution in [0.2, 0.25) is 0 Å². The summed E-state index contributed by atoms with van der Waals surface area (Å²) in [5.41, 5.74) is 0.259. The number of rotatable bonds is 7. The average molecular weight is 461 g/mol. The molecule has 32 heavy (non-hydrogen) atoms. The highest BCUT2D eigenvalue weighted by Gasteiger charge is 2.37. The molecule has 0 saturated carbocycles. The summed E-state index contributed by atoms with van der Waals surface area (Å²) in [7, 11) is -4.18. The minimum atomic E-state index is -4.18. The van der Waals surface area contributed by atoms with Crippen molar-refractivity contribution in [2.75, 3.05) is 13.2 Å².